The maximum Gasteiger partial charge on any atom is 0.238 e. The molecule has 1 fully saturated rings. The van der Waals surface area contributed by atoms with Crippen LogP contribution < -0.4 is 10.6 Å². The second-order valence-corrected chi connectivity index (χ2v) is 9.77. The zero-order valence-corrected chi connectivity index (χ0v) is 20.6. The molecule has 178 valence electrons. The van der Waals surface area contributed by atoms with Gasteiger partial charge in [-0.2, -0.15) is 0 Å². The highest BCUT2D eigenvalue weighted by Crippen LogP contribution is 2.32. The molecule has 2 amide bonds. The Hall–Kier alpha value is -2.66. The van der Waals surface area contributed by atoms with E-state index in [9.17, 15) is 9.59 Å². The molecule has 2 aromatic carbocycles. The fourth-order valence-electron chi connectivity index (χ4n) is 4.52. The minimum atomic E-state index is 0.0374. The highest BCUT2D eigenvalue weighted by atomic mass is 16.2. The Morgan fingerprint density at radius 2 is 1.48 bits per heavy atom. The van der Waals surface area contributed by atoms with Gasteiger partial charge in [0.2, 0.25) is 11.8 Å². The van der Waals surface area contributed by atoms with Crippen molar-refractivity contribution in [2.45, 2.75) is 71.3 Å². The van der Waals surface area contributed by atoms with Crippen LogP contribution in [-0.2, 0) is 16.0 Å². The molecule has 0 saturated carbocycles. The van der Waals surface area contributed by atoms with E-state index in [1.807, 2.05) is 18.2 Å². The van der Waals surface area contributed by atoms with Gasteiger partial charge in [0.15, 0.2) is 0 Å². The van der Waals surface area contributed by atoms with Gasteiger partial charge in [-0.1, -0.05) is 76.2 Å². The lowest BCUT2D eigenvalue weighted by molar-refractivity contribution is -0.122. The van der Waals surface area contributed by atoms with E-state index >= 15 is 0 Å². The molecule has 1 aliphatic rings. The molecule has 5 nitrogen and oxygen atoms in total. The second-order valence-electron chi connectivity index (χ2n) is 9.77. The van der Waals surface area contributed by atoms with Gasteiger partial charge in [0.05, 0.1) is 6.54 Å². The Bertz CT molecular complexity index is 890. The van der Waals surface area contributed by atoms with Gasteiger partial charge in [0.1, 0.15) is 0 Å². The number of hydrogen-bond donors (Lipinski definition) is 2. The largest absolute Gasteiger partial charge is 0.353 e. The van der Waals surface area contributed by atoms with Crippen molar-refractivity contribution in [3.63, 3.8) is 0 Å². The van der Waals surface area contributed by atoms with Gasteiger partial charge in [-0.05, 0) is 47.8 Å². The number of benzene rings is 2. The molecule has 2 aromatic rings. The molecule has 1 saturated heterocycles. The molecule has 0 radical (unpaired) electrons. The van der Waals surface area contributed by atoms with E-state index < -0.39 is 0 Å². The summed E-state index contributed by atoms with van der Waals surface area (Å²) in [6, 6.07) is 16.6. The number of nitrogens with one attached hydrogen (secondary N) is 2. The summed E-state index contributed by atoms with van der Waals surface area (Å²) in [6.07, 6.45) is 3.04. The van der Waals surface area contributed by atoms with Crippen molar-refractivity contribution in [1.29, 1.82) is 0 Å². The first-order valence-electron chi connectivity index (χ1n) is 12.3. The van der Waals surface area contributed by atoms with Gasteiger partial charge in [0.25, 0.3) is 0 Å². The highest BCUT2D eigenvalue weighted by molar-refractivity contribution is 5.94. The van der Waals surface area contributed by atoms with E-state index in [-0.39, 0.29) is 17.9 Å². The molecule has 0 aliphatic carbocycles. The molecule has 1 aliphatic heterocycles. The summed E-state index contributed by atoms with van der Waals surface area (Å²) < 4.78 is 0. The third-order valence-electron chi connectivity index (χ3n) is 6.44. The molecule has 33 heavy (non-hydrogen) atoms. The van der Waals surface area contributed by atoms with Crippen molar-refractivity contribution < 1.29 is 9.59 Å². The van der Waals surface area contributed by atoms with Gasteiger partial charge in [0, 0.05) is 31.2 Å². The molecule has 0 spiro atoms. The third kappa shape index (κ3) is 7.43. The minimum Gasteiger partial charge on any atom is -0.353 e. The topological polar surface area (TPSA) is 61.4 Å². The Kier molecular flexibility index (Phi) is 9.07. The van der Waals surface area contributed by atoms with Crippen LogP contribution in [0.5, 0.6) is 0 Å². The number of amides is 2. The van der Waals surface area contributed by atoms with Gasteiger partial charge < -0.3 is 10.6 Å². The maximum atomic E-state index is 12.9. The number of para-hydroxylation sites is 1. The van der Waals surface area contributed by atoms with E-state index in [0.29, 0.717) is 24.8 Å². The summed E-state index contributed by atoms with van der Waals surface area (Å²) in [7, 11) is 0. The number of anilines is 1. The van der Waals surface area contributed by atoms with Crippen LogP contribution in [0.1, 0.15) is 75.5 Å². The molecule has 1 heterocycles. The normalized spacial score (nSPS) is 15.1. The summed E-state index contributed by atoms with van der Waals surface area (Å²) in [6.45, 7) is 10.7. The van der Waals surface area contributed by atoms with Crippen molar-refractivity contribution in [1.82, 2.24) is 10.2 Å². The fraction of sp³-hybridized carbons (Fsp3) is 0.500. The van der Waals surface area contributed by atoms with Crippen LogP contribution in [0.3, 0.4) is 0 Å². The smallest absolute Gasteiger partial charge is 0.238 e. The molecule has 0 aromatic heterocycles. The Balaban J connectivity index is 1.46. The predicted octanol–water partition coefficient (Wildman–Crippen LogP) is 5.09. The number of hydrogen-bond acceptors (Lipinski definition) is 3. The molecule has 2 N–H and O–H groups in total. The Labute approximate surface area is 199 Å². The first kappa shape index (κ1) is 25.0. The van der Waals surface area contributed by atoms with E-state index in [4.69, 9.17) is 0 Å². The first-order chi connectivity index (χ1) is 15.8. The van der Waals surface area contributed by atoms with Gasteiger partial charge in [-0.15, -0.1) is 0 Å². The lowest BCUT2D eigenvalue weighted by Gasteiger charge is -2.32. The number of carbonyl (C=O) groups is 2. The van der Waals surface area contributed by atoms with Crippen LogP contribution in [0.4, 0.5) is 5.69 Å². The molecular formula is C28H39N3O2. The van der Waals surface area contributed by atoms with E-state index in [1.165, 1.54) is 16.7 Å². The number of piperidine rings is 1. The molecule has 0 unspecified atom stereocenters. The summed E-state index contributed by atoms with van der Waals surface area (Å²) in [5, 5.41) is 6.39. The second kappa shape index (κ2) is 12.0. The summed E-state index contributed by atoms with van der Waals surface area (Å²) in [4.78, 5) is 27.4. The van der Waals surface area contributed by atoms with Crippen molar-refractivity contribution in [3.8, 4) is 0 Å². The summed E-state index contributed by atoms with van der Waals surface area (Å²) >= 11 is 0. The minimum absolute atomic E-state index is 0.0374. The van der Waals surface area contributed by atoms with Crippen LogP contribution in [0.25, 0.3) is 0 Å². The van der Waals surface area contributed by atoms with Crippen molar-refractivity contribution >= 4 is 17.5 Å². The van der Waals surface area contributed by atoms with Crippen molar-refractivity contribution in [2.75, 3.05) is 25.0 Å². The van der Waals surface area contributed by atoms with Gasteiger partial charge in [-0.25, -0.2) is 0 Å². The predicted molar refractivity (Wildman–Crippen MR) is 136 cm³/mol. The van der Waals surface area contributed by atoms with Crippen molar-refractivity contribution in [2.24, 2.45) is 0 Å². The maximum absolute atomic E-state index is 12.9. The zero-order valence-electron chi connectivity index (χ0n) is 20.6. The van der Waals surface area contributed by atoms with E-state index in [1.54, 1.807) is 0 Å². The van der Waals surface area contributed by atoms with E-state index in [2.05, 4.69) is 73.6 Å². The summed E-state index contributed by atoms with van der Waals surface area (Å²) in [5.41, 5.74) is 4.54. The number of likely N-dealkylation sites (tertiary alicyclic amines) is 1. The molecule has 5 heteroatoms. The quantitative estimate of drug-likeness (QED) is 0.561. The Morgan fingerprint density at radius 3 is 2.06 bits per heavy atom. The number of carbonyl (C=O) groups excluding carboxylic acids is 2. The van der Waals surface area contributed by atoms with Crippen LogP contribution in [-0.4, -0.2) is 42.4 Å². The van der Waals surface area contributed by atoms with Gasteiger partial charge in [-0.3, -0.25) is 14.5 Å². The number of rotatable bonds is 9. The van der Waals surface area contributed by atoms with E-state index in [0.717, 1.165) is 38.0 Å². The highest BCUT2D eigenvalue weighted by Gasteiger charge is 2.23. The van der Waals surface area contributed by atoms with Crippen molar-refractivity contribution in [3.05, 3.63) is 65.2 Å². The molecule has 3 rings (SSSR count). The monoisotopic (exact) mass is 449 g/mol. The van der Waals surface area contributed by atoms with Gasteiger partial charge >= 0.3 is 0 Å². The first-order valence-corrected chi connectivity index (χ1v) is 12.3. The molecular weight excluding hydrogens is 410 g/mol. The van der Waals surface area contributed by atoms with Crippen LogP contribution in [0.2, 0.25) is 0 Å². The standard InChI is InChI=1S/C28H39N3O2/c1-20(2)24-11-8-12-25(21(3)4)28(24)30-27(33)19-31-17-15-23(16-18-31)29-26(32)14-13-22-9-6-5-7-10-22/h5-12,20-21,23H,13-19H2,1-4H3,(H,29,32)(H,30,33). The van der Waals surface area contributed by atoms with Crippen LogP contribution >= 0.6 is 0 Å². The fourth-order valence-corrected chi connectivity index (χ4v) is 4.52. The van der Waals surface area contributed by atoms with Crippen LogP contribution in [0.15, 0.2) is 48.5 Å². The average Bonchev–Trinajstić information content (AvgIpc) is 2.79. The molecule has 0 atom stereocenters. The molecule has 0 bridgehead atoms. The number of nitrogens with zero attached hydrogens (tertiary/aromatic N) is 1. The zero-order chi connectivity index (χ0) is 23.8. The lowest BCUT2D eigenvalue weighted by atomic mass is 9.92. The Morgan fingerprint density at radius 1 is 0.879 bits per heavy atom. The lowest BCUT2D eigenvalue weighted by Crippen LogP contribution is -2.46. The average molecular weight is 450 g/mol. The third-order valence-corrected chi connectivity index (χ3v) is 6.44. The van der Waals surface area contributed by atoms with Crippen LogP contribution in [0, 0.1) is 0 Å². The SMILES string of the molecule is CC(C)c1cccc(C(C)C)c1NC(=O)CN1CCC(NC(=O)CCc2ccccc2)CC1. The number of aryl methyl sites for hydroxylation is 1. The summed E-state index contributed by atoms with van der Waals surface area (Å²) in [5.74, 6) is 0.845.